The number of hydrogen-bond acceptors (Lipinski definition) is 7. The number of ether oxygens (including phenoxy) is 1. The van der Waals surface area contributed by atoms with E-state index in [0.29, 0.717) is 12.4 Å². The molecule has 2 aliphatic heterocycles. The van der Waals surface area contributed by atoms with Crippen molar-refractivity contribution in [2.75, 3.05) is 18.6 Å². The summed E-state index contributed by atoms with van der Waals surface area (Å²) >= 11 is 0. The molecule has 9 nitrogen and oxygen atoms in total. The average Bonchev–Trinajstić information content (AvgIpc) is 3.34. The number of piperidine rings is 1. The first-order valence-electron chi connectivity index (χ1n) is 9.72. The van der Waals surface area contributed by atoms with E-state index in [2.05, 4.69) is 40.8 Å². The number of aromatic nitrogens is 7. The highest BCUT2D eigenvalue weighted by atomic mass is 16.5. The summed E-state index contributed by atoms with van der Waals surface area (Å²) in [6.07, 6.45) is 8.40. The molecule has 0 N–H and O–H groups in total. The third kappa shape index (κ3) is 2.86. The zero-order valence-electron chi connectivity index (χ0n) is 15.6. The van der Waals surface area contributed by atoms with Gasteiger partial charge in [-0.15, -0.1) is 10.2 Å². The fraction of sp³-hybridized carbons (Fsp3) is 0.611. The van der Waals surface area contributed by atoms with E-state index in [1.54, 1.807) is 13.4 Å². The van der Waals surface area contributed by atoms with E-state index >= 15 is 0 Å². The molecule has 1 unspecified atom stereocenters. The van der Waals surface area contributed by atoms with Crippen LogP contribution in [-0.2, 0) is 24.3 Å². The van der Waals surface area contributed by atoms with Crippen LogP contribution in [0, 0.1) is 0 Å². The van der Waals surface area contributed by atoms with Gasteiger partial charge in [0, 0.05) is 32.7 Å². The Morgan fingerprint density at radius 3 is 3.00 bits per heavy atom. The Morgan fingerprint density at radius 2 is 2.07 bits per heavy atom. The third-order valence-electron chi connectivity index (χ3n) is 5.56. The van der Waals surface area contributed by atoms with Gasteiger partial charge in [0.1, 0.15) is 18.0 Å². The van der Waals surface area contributed by atoms with Crippen molar-refractivity contribution in [2.45, 2.75) is 57.7 Å². The van der Waals surface area contributed by atoms with Gasteiger partial charge in [0.05, 0.1) is 18.3 Å². The molecule has 3 aromatic rings. The predicted octanol–water partition coefficient (Wildman–Crippen LogP) is 1.93. The normalized spacial score (nSPS) is 20.2. The fourth-order valence-corrected chi connectivity index (χ4v) is 4.32. The largest absolute Gasteiger partial charge is 0.378 e. The minimum atomic E-state index is 0.197. The van der Waals surface area contributed by atoms with Crippen LogP contribution >= 0.6 is 0 Å². The second-order valence-corrected chi connectivity index (χ2v) is 7.30. The molecule has 0 bridgehead atoms. The Kier molecular flexibility index (Phi) is 4.23. The lowest BCUT2D eigenvalue weighted by Gasteiger charge is -2.37. The quantitative estimate of drug-likeness (QED) is 0.695. The highest BCUT2D eigenvalue weighted by Gasteiger charge is 2.32. The van der Waals surface area contributed by atoms with Crippen molar-refractivity contribution in [3.8, 4) is 0 Å². The van der Waals surface area contributed by atoms with Crippen LogP contribution in [0.15, 0.2) is 12.4 Å². The molecule has 0 aromatic carbocycles. The van der Waals surface area contributed by atoms with Crippen LogP contribution in [0.5, 0.6) is 0 Å². The summed E-state index contributed by atoms with van der Waals surface area (Å²) in [4.78, 5) is 11.2. The molecular formula is C18H24N8O. The zero-order chi connectivity index (χ0) is 18.2. The molecule has 0 aliphatic carbocycles. The van der Waals surface area contributed by atoms with Gasteiger partial charge in [0.25, 0.3) is 5.78 Å². The summed E-state index contributed by atoms with van der Waals surface area (Å²) in [6, 6.07) is 2.26. The second kappa shape index (κ2) is 6.88. The van der Waals surface area contributed by atoms with Gasteiger partial charge in [0.15, 0.2) is 5.82 Å². The van der Waals surface area contributed by atoms with Gasteiger partial charge in [-0.3, -0.25) is 0 Å². The molecule has 3 aromatic heterocycles. The maximum Gasteiger partial charge on any atom is 0.254 e. The lowest BCUT2D eigenvalue weighted by atomic mass is 10.0. The predicted molar refractivity (Wildman–Crippen MR) is 98.4 cm³/mol. The number of aryl methyl sites for hydroxylation is 1. The lowest BCUT2D eigenvalue weighted by Crippen LogP contribution is -2.37. The van der Waals surface area contributed by atoms with Crippen molar-refractivity contribution in [3.63, 3.8) is 0 Å². The van der Waals surface area contributed by atoms with Crippen LogP contribution in [0.25, 0.3) is 5.78 Å². The van der Waals surface area contributed by atoms with Gasteiger partial charge in [-0.05, 0) is 32.1 Å². The Labute approximate surface area is 157 Å². The minimum Gasteiger partial charge on any atom is -0.378 e. The van der Waals surface area contributed by atoms with Gasteiger partial charge >= 0.3 is 0 Å². The molecule has 0 spiro atoms. The molecule has 9 heteroatoms. The SMILES string of the molecule is COCc1cc(N2CCCCC2c2nnc3n2CCCC3)n2ncnc2n1. The van der Waals surface area contributed by atoms with Crippen molar-refractivity contribution in [3.05, 3.63) is 29.7 Å². The monoisotopic (exact) mass is 368 g/mol. The Hall–Kier alpha value is -2.55. The number of rotatable bonds is 4. The number of nitrogens with zero attached hydrogens (tertiary/aromatic N) is 8. The van der Waals surface area contributed by atoms with Crippen LogP contribution < -0.4 is 4.90 Å². The van der Waals surface area contributed by atoms with E-state index in [0.717, 1.165) is 55.5 Å². The first kappa shape index (κ1) is 16.6. The zero-order valence-corrected chi connectivity index (χ0v) is 15.6. The third-order valence-corrected chi connectivity index (χ3v) is 5.56. The Morgan fingerprint density at radius 1 is 1.15 bits per heavy atom. The van der Waals surface area contributed by atoms with E-state index in [1.165, 1.54) is 19.3 Å². The molecule has 0 radical (unpaired) electrons. The van der Waals surface area contributed by atoms with Crippen molar-refractivity contribution >= 4 is 11.6 Å². The smallest absolute Gasteiger partial charge is 0.254 e. The summed E-state index contributed by atoms with van der Waals surface area (Å²) in [6.45, 7) is 2.43. The fourth-order valence-electron chi connectivity index (χ4n) is 4.32. The van der Waals surface area contributed by atoms with E-state index in [1.807, 2.05) is 4.52 Å². The summed E-state index contributed by atoms with van der Waals surface area (Å²) in [7, 11) is 1.68. The van der Waals surface area contributed by atoms with Crippen LogP contribution in [-0.4, -0.2) is 48.0 Å². The van der Waals surface area contributed by atoms with Gasteiger partial charge in [0.2, 0.25) is 0 Å². The van der Waals surface area contributed by atoms with Gasteiger partial charge in [-0.1, -0.05) is 0 Å². The number of methoxy groups -OCH3 is 1. The molecule has 0 amide bonds. The number of hydrogen-bond donors (Lipinski definition) is 0. The maximum atomic E-state index is 5.30. The van der Waals surface area contributed by atoms with E-state index in [9.17, 15) is 0 Å². The second-order valence-electron chi connectivity index (χ2n) is 7.30. The molecule has 142 valence electrons. The molecule has 1 saturated heterocycles. The van der Waals surface area contributed by atoms with Crippen molar-refractivity contribution in [1.82, 2.24) is 34.3 Å². The van der Waals surface area contributed by atoms with Crippen LogP contribution in [0.1, 0.15) is 55.5 Å². The number of fused-ring (bicyclic) bond motifs is 2. The van der Waals surface area contributed by atoms with Crippen LogP contribution in [0.2, 0.25) is 0 Å². The average molecular weight is 368 g/mol. The van der Waals surface area contributed by atoms with Gasteiger partial charge in [-0.2, -0.15) is 14.6 Å². The Balaban J connectivity index is 1.59. The highest BCUT2D eigenvalue weighted by molar-refractivity contribution is 5.49. The Bertz CT molecular complexity index is 948. The summed E-state index contributed by atoms with van der Waals surface area (Å²) in [5, 5.41) is 13.5. The molecule has 5 heterocycles. The molecule has 2 aliphatic rings. The maximum absolute atomic E-state index is 5.30. The number of anilines is 1. The highest BCUT2D eigenvalue weighted by Crippen LogP contribution is 2.35. The molecule has 27 heavy (non-hydrogen) atoms. The standard InChI is InChI=1S/C18H24N8O/c1-27-11-13-10-16(26-18(21-13)19-12-20-26)24-8-4-2-6-14(24)17-23-22-15-7-3-5-9-25(15)17/h10,12,14H,2-9,11H2,1H3. The van der Waals surface area contributed by atoms with Gasteiger partial charge < -0.3 is 14.2 Å². The van der Waals surface area contributed by atoms with Gasteiger partial charge in [-0.25, -0.2) is 4.98 Å². The van der Waals surface area contributed by atoms with E-state index in [-0.39, 0.29) is 6.04 Å². The molecule has 0 saturated carbocycles. The first-order chi connectivity index (χ1) is 13.3. The van der Waals surface area contributed by atoms with Crippen LogP contribution in [0.3, 0.4) is 0 Å². The first-order valence-corrected chi connectivity index (χ1v) is 9.72. The lowest BCUT2D eigenvalue weighted by molar-refractivity contribution is 0.181. The van der Waals surface area contributed by atoms with Crippen molar-refractivity contribution in [2.24, 2.45) is 0 Å². The summed E-state index contributed by atoms with van der Waals surface area (Å²) in [5.74, 6) is 3.82. The molecule has 1 fully saturated rings. The minimum absolute atomic E-state index is 0.197. The van der Waals surface area contributed by atoms with Crippen LogP contribution in [0.4, 0.5) is 5.82 Å². The van der Waals surface area contributed by atoms with E-state index in [4.69, 9.17) is 4.74 Å². The summed E-state index contributed by atoms with van der Waals surface area (Å²) < 4.78 is 9.46. The summed E-state index contributed by atoms with van der Waals surface area (Å²) in [5.41, 5.74) is 0.862. The van der Waals surface area contributed by atoms with Crippen molar-refractivity contribution in [1.29, 1.82) is 0 Å². The molecule has 1 atom stereocenters. The molecule has 5 rings (SSSR count). The van der Waals surface area contributed by atoms with Crippen molar-refractivity contribution < 1.29 is 4.74 Å². The van der Waals surface area contributed by atoms with E-state index < -0.39 is 0 Å². The topological polar surface area (TPSA) is 86.3 Å². The molecular weight excluding hydrogens is 344 g/mol.